The average Bonchev–Trinajstić information content (AvgIpc) is 3.31. The Bertz CT molecular complexity index is 592. The molecule has 2 rings (SSSR count). The number of hydrogen-bond acceptors (Lipinski definition) is 2. The number of nitrogens with one attached hydrogen (secondary N) is 1. The van der Waals surface area contributed by atoms with Crippen molar-refractivity contribution in [3.63, 3.8) is 0 Å². The number of carbonyl (C=O) groups is 2. The Morgan fingerprint density at radius 3 is 2.35 bits per heavy atom. The SMILES string of the molecule is CCC(CC)(CNC(=O)C1(Cc2ccccc2Cl)CC1)C(=O)O. The van der Waals surface area contributed by atoms with Gasteiger partial charge in [-0.3, -0.25) is 9.59 Å². The molecule has 0 radical (unpaired) electrons. The molecule has 0 saturated heterocycles. The van der Waals surface area contributed by atoms with Gasteiger partial charge in [-0.05, 0) is 43.7 Å². The van der Waals surface area contributed by atoms with Gasteiger partial charge in [0.2, 0.25) is 5.91 Å². The van der Waals surface area contributed by atoms with Crippen LogP contribution in [0.2, 0.25) is 5.02 Å². The Labute approximate surface area is 142 Å². The van der Waals surface area contributed by atoms with Crippen molar-refractivity contribution in [3.05, 3.63) is 34.9 Å². The summed E-state index contributed by atoms with van der Waals surface area (Å²) in [6.07, 6.45) is 3.24. The van der Waals surface area contributed by atoms with Crippen LogP contribution >= 0.6 is 11.6 Å². The van der Waals surface area contributed by atoms with Gasteiger partial charge in [0.05, 0.1) is 10.8 Å². The summed E-state index contributed by atoms with van der Waals surface area (Å²) in [4.78, 5) is 24.1. The maximum Gasteiger partial charge on any atom is 0.311 e. The van der Waals surface area contributed by atoms with E-state index in [4.69, 9.17) is 11.6 Å². The molecule has 5 heteroatoms. The van der Waals surface area contributed by atoms with E-state index in [1.807, 2.05) is 38.1 Å². The molecule has 1 fully saturated rings. The molecule has 126 valence electrons. The molecule has 0 aromatic heterocycles. The lowest BCUT2D eigenvalue weighted by Gasteiger charge is -2.28. The van der Waals surface area contributed by atoms with Gasteiger partial charge in [-0.2, -0.15) is 0 Å². The second-order valence-electron chi connectivity index (χ2n) is 6.52. The fourth-order valence-corrected chi connectivity index (χ4v) is 3.16. The minimum absolute atomic E-state index is 0.0510. The molecule has 1 aliphatic carbocycles. The van der Waals surface area contributed by atoms with E-state index in [1.165, 1.54) is 0 Å². The van der Waals surface area contributed by atoms with Crippen LogP contribution in [-0.2, 0) is 16.0 Å². The summed E-state index contributed by atoms with van der Waals surface area (Å²) < 4.78 is 0. The van der Waals surface area contributed by atoms with Crippen molar-refractivity contribution in [3.8, 4) is 0 Å². The van der Waals surface area contributed by atoms with Gasteiger partial charge in [0.1, 0.15) is 0 Å². The summed E-state index contributed by atoms with van der Waals surface area (Å²) >= 11 is 6.19. The Morgan fingerprint density at radius 2 is 1.87 bits per heavy atom. The van der Waals surface area contributed by atoms with Crippen molar-refractivity contribution in [1.29, 1.82) is 0 Å². The predicted molar refractivity (Wildman–Crippen MR) is 90.5 cm³/mol. The fraction of sp³-hybridized carbons (Fsp3) is 0.556. The second kappa shape index (κ2) is 6.91. The van der Waals surface area contributed by atoms with Gasteiger partial charge in [0.25, 0.3) is 0 Å². The highest BCUT2D eigenvalue weighted by molar-refractivity contribution is 6.31. The van der Waals surface area contributed by atoms with E-state index in [1.54, 1.807) is 0 Å². The maximum atomic E-state index is 12.6. The summed E-state index contributed by atoms with van der Waals surface area (Å²) in [5.74, 6) is -0.899. The molecule has 23 heavy (non-hydrogen) atoms. The Morgan fingerprint density at radius 1 is 1.26 bits per heavy atom. The molecule has 1 aliphatic rings. The first-order chi connectivity index (χ1) is 10.9. The maximum absolute atomic E-state index is 12.6. The molecular formula is C18H24ClNO3. The van der Waals surface area contributed by atoms with Crippen LogP contribution in [0.15, 0.2) is 24.3 Å². The summed E-state index contributed by atoms with van der Waals surface area (Å²) in [6.45, 7) is 3.87. The zero-order valence-corrected chi connectivity index (χ0v) is 14.4. The molecule has 0 unspecified atom stereocenters. The highest BCUT2D eigenvalue weighted by Gasteiger charge is 2.50. The molecule has 0 heterocycles. The summed E-state index contributed by atoms with van der Waals surface area (Å²) in [7, 11) is 0. The molecule has 0 bridgehead atoms. The van der Waals surface area contributed by atoms with E-state index in [2.05, 4.69) is 5.32 Å². The Balaban J connectivity index is 2.03. The van der Waals surface area contributed by atoms with Crippen molar-refractivity contribution < 1.29 is 14.7 Å². The zero-order chi connectivity index (χ0) is 17.1. The molecule has 1 aromatic carbocycles. The van der Waals surface area contributed by atoms with E-state index in [0.29, 0.717) is 24.3 Å². The monoisotopic (exact) mass is 337 g/mol. The summed E-state index contributed by atoms with van der Waals surface area (Å²) in [5.41, 5.74) is -0.329. The van der Waals surface area contributed by atoms with Crippen LogP contribution in [-0.4, -0.2) is 23.5 Å². The fourth-order valence-electron chi connectivity index (χ4n) is 2.96. The van der Waals surface area contributed by atoms with Crippen LogP contribution in [0, 0.1) is 10.8 Å². The standard InChI is InChI=1S/C18H24ClNO3/c1-3-17(4-2,16(22)23)12-20-15(21)18(9-10-18)11-13-7-5-6-8-14(13)19/h5-8H,3-4,9-12H2,1-2H3,(H,20,21)(H,22,23). The third-order valence-corrected chi connectivity index (χ3v) is 5.59. The van der Waals surface area contributed by atoms with Crippen molar-refractivity contribution in [2.24, 2.45) is 10.8 Å². The van der Waals surface area contributed by atoms with Gasteiger partial charge in [-0.25, -0.2) is 0 Å². The third kappa shape index (κ3) is 3.69. The molecule has 0 aliphatic heterocycles. The van der Waals surface area contributed by atoms with Gasteiger partial charge in [0.15, 0.2) is 0 Å². The highest BCUT2D eigenvalue weighted by atomic mass is 35.5. The first kappa shape index (κ1) is 17.8. The van der Waals surface area contributed by atoms with Gasteiger partial charge in [-0.15, -0.1) is 0 Å². The molecule has 0 spiro atoms. The van der Waals surface area contributed by atoms with Crippen LogP contribution < -0.4 is 5.32 Å². The number of aliphatic carboxylic acids is 1. The molecule has 1 aromatic rings. The van der Waals surface area contributed by atoms with E-state index in [9.17, 15) is 14.7 Å². The topological polar surface area (TPSA) is 66.4 Å². The first-order valence-corrected chi connectivity index (χ1v) is 8.52. The van der Waals surface area contributed by atoms with Crippen molar-refractivity contribution in [2.75, 3.05) is 6.54 Å². The summed E-state index contributed by atoms with van der Waals surface area (Å²) in [5, 5.41) is 13.0. The highest BCUT2D eigenvalue weighted by Crippen LogP contribution is 2.49. The van der Waals surface area contributed by atoms with Gasteiger partial charge >= 0.3 is 5.97 Å². The van der Waals surface area contributed by atoms with E-state index < -0.39 is 16.8 Å². The summed E-state index contributed by atoms with van der Waals surface area (Å²) in [6, 6.07) is 7.55. The second-order valence-corrected chi connectivity index (χ2v) is 6.93. The largest absolute Gasteiger partial charge is 0.481 e. The average molecular weight is 338 g/mol. The van der Waals surface area contributed by atoms with Gasteiger partial charge in [0, 0.05) is 11.6 Å². The number of benzene rings is 1. The van der Waals surface area contributed by atoms with Gasteiger partial charge < -0.3 is 10.4 Å². The predicted octanol–water partition coefficient (Wildman–Crippen LogP) is 3.67. The van der Waals surface area contributed by atoms with Gasteiger partial charge in [-0.1, -0.05) is 43.6 Å². The number of carbonyl (C=O) groups excluding carboxylic acids is 1. The third-order valence-electron chi connectivity index (χ3n) is 5.22. The number of carboxylic acids is 1. The molecule has 2 N–H and O–H groups in total. The first-order valence-electron chi connectivity index (χ1n) is 8.14. The molecule has 1 amide bonds. The quantitative estimate of drug-likeness (QED) is 0.760. The normalized spacial score (nSPS) is 16.0. The van der Waals surface area contributed by atoms with Crippen molar-refractivity contribution in [2.45, 2.75) is 46.0 Å². The number of amides is 1. The molecule has 1 saturated carbocycles. The smallest absolute Gasteiger partial charge is 0.311 e. The minimum Gasteiger partial charge on any atom is -0.481 e. The molecule has 4 nitrogen and oxygen atoms in total. The lowest BCUT2D eigenvalue weighted by molar-refractivity contribution is -0.149. The van der Waals surface area contributed by atoms with Crippen LogP contribution in [0.25, 0.3) is 0 Å². The van der Waals surface area contributed by atoms with E-state index >= 15 is 0 Å². The Kier molecular flexibility index (Phi) is 5.35. The minimum atomic E-state index is -0.879. The van der Waals surface area contributed by atoms with E-state index in [0.717, 1.165) is 18.4 Å². The lowest BCUT2D eigenvalue weighted by atomic mass is 9.82. The van der Waals surface area contributed by atoms with Crippen LogP contribution in [0.3, 0.4) is 0 Å². The Hall–Kier alpha value is -1.55. The number of rotatable bonds is 8. The number of carboxylic acid groups (broad SMARTS) is 1. The number of hydrogen-bond donors (Lipinski definition) is 2. The van der Waals surface area contributed by atoms with Crippen LogP contribution in [0.1, 0.15) is 45.1 Å². The molecule has 0 atom stereocenters. The molecular weight excluding hydrogens is 314 g/mol. The number of halogens is 1. The van der Waals surface area contributed by atoms with Crippen LogP contribution in [0.4, 0.5) is 0 Å². The van der Waals surface area contributed by atoms with Crippen LogP contribution in [0.5, 0.6) is 0 Å². The van der Waals surface area contributed by atoms with Crippen molar-refractivity contribution in [1.82, 2.24) is 5.32 Å². The zero-order valence-electron chi connectivity index (χ0n) is 13.7. The lowest BCUT2D eigenvalue weighted by Crippen LogP contribution is -2.45. The van der Waals surface area contributed by atoms with E-state index in [-0.39, 0.29) is 12.5 Å². The van der Waals surface area contributed by atoms with Crippen molar-refractivity contribution >= 4 is 23.5 Å².